The van der Waals surface area contributed by atoms with Crippen LogP contribution in [0.15, 0.2) is 12.1 Å². The zero-order chi connectivity index (χ0) is 10.7. The van der Waals surface area contributed by atoms with Gasteiger partial charge in [0.05, 0.1) is 6.10 Å². The first-order valence-electron chi connectivity index (χ1n) is 4.36. The van der Waals surface area contributed by atoms with E-state index in [0.717, 1.165) is 12.1 Å². The fourth-order valence-electron chi connectivity index (χ4n) is 1.14. The lowest BCUT2D eigenvalue weighted by molar-refractivity contribution is 0.170. The minimum Gasteiger partial charge on any atom is -0.393 e. The Morgan fingerprint density at radius 1 is 1.21 bits per heavy atom. The van der Waals surface area contributed by atoms with E-state index in [2.05, 4.69) is 0 Å². The average Bonchev–Trinajstić information content (AvgIpc) is 2.14. The van der Waals surface area contributed by atoms with Crippen LogP contribution in [-0.4, -0.2) is 11.2 Å². The van der Waals surface area contributed by atoms with Gasteiger partial charge in [0.1, 0.15) is 0 Å². The van der Waals surface area contributed by atoms with Crippen LogP contribution in [0.4, 0.5) is 13.2 Å². The largest absolute Gasteiger partial charge is 0.393 e. The summed E-state index contributed by atoms with van der Waals surface area (Å²) in [5.74, 6) is -3.91. The van der Waals surface area contributed by atoms with Gasteiger partial charge in [-0.1, -0.05) is 6.92 Å². The van der Waals surface area contributed by atoms with Gasteiger partial charge in [-0.3, -0.25) is 0 Å². The maximum atomic E-state index is 12.7. The van der Waals surface area contributed by atoms with Crippen molar-refractivity contribution in [3.8, 4) is 0 Å². The summed E-state index contributed by atoms with van der Waals surface area (Å²) in [4.78, 5) is 0. The van der Waals surface area contributed by atoms with Crippen LogP contribution in [-0.2, 0) is 6.42 Å². The summed E-state index contributed by atoms with van der Waals surface area (Å²) < 4.78 is 37.9. The average molecular weight is 204 g/mol. The highest BCUT2D eigenvalue weighted by atomic mass is 19.2. The summed E-state index contributed by atoms with van der Waals surface area (Å²) in [6.45, 7) is 1.75. The predicted molar refractivity (Wildman–Crippen MR) is 46.3 cm³/mol. The van der Waals surface area contributed by atoms with Crippen LogP contribution in [0.25, 0.3) is 0 Å². The van der Waals surface area contributed by atoms with Crippen LogP contribution in [0.5, 0.6) is 0 Å². The Bertz CT molecular complexity index is 302. The normalized spacial score (nSPS) is 12.9. The highest BCUT2D eigenvalue weighted by Crippen LogP contribution is 2.15. The van der Waals surface area contributed by atoms with Crippen LogP contribution < -0.4 is 0 Å². The number of benzene rings is 1. The van der Waals surface area contributed by atoms with Gasteiger partial charge in [-0.25, -0.2) is 13.2 Å². The van der Waals surface area contributed by atoms with Crippen molar-refractivity contribution < 1.29 is 18.3 Å². The molecule has 0 heterocycles. The molecule has 14 heavy (non-hydrogen) atoms. The molecule has 0 bridgehead atoms. The number of hydrogen-bond donors (Lipinski definition) is 1. The van der Waals surface area contributed by atoms with Crippen molar-refractivity contribution in [1.29, 1.82) is 0 Å². The van der Waals surface area contributed by atoms with Crippen molar-refractivity contribution in [3.05, 3.63) is 35.1 Å². The molecular weight excluding hydrogens is 193 g/mol. The molecule has 0 aromatic heterocycles. The molecule has 0 saturated heterocycles. The third-order valence-corrected chi connectivity index (χ3v) is 1.99. The third kappa shape index (κ3) is 2.48. The van der Waals surface area contributed by atoms with Crippen molar-refractivity contribution >= 4 is 0 Å². The Labute approximate surface area is 80.2 Å². The second-order valence-corrected chi connectivity index (χ2v) is 3.14. The SMILES string of the molecule is CC[C@H](O)Cc1cc(F)c(F)c(F)c1. The highest BCUT2D eigenvalue weighted by molar-refractivity contribution is 5.20. The lowest BCUT2D eigenvalue weighted by Crippen LogP contribution is -2.09. The second kappa shape index (κ2) is 4.46. The quantitative estimate of drug-likeness (QED) is 0.749. The summed E-state index contributed by atoms with van der Waals surface area (Å²) in [7, 11) is 0. The molecule has 1 nitrogen and oxygen atoms in total. The molecule has 0 radical (unpaired) electrons. The molecule has 0 saturated carbocycles. The molecule has 0 amide bonds. The third-order valence-electron chi connectivity index (χ3n) is 1.99. The number of halogens is 3. The standard InChI is InChI=1S/C10H11F3O/c1-2-7(14)3-6-4-8(11)10(13)9(12)5-6/h4-5,7,14H,2-3H2,1H3/t7-/m0/s1. The molecule has 1 N–H and O–H groups in total. The van der Waals surface area contributed by atoms with E-state index in [-0.39, 0.29) is 12.0 Å². The number of aliphatic hydroxyl groups excluding tert-OH is 1. The molecule has 0 unspecified atom stereocenters. The molecule has 0 aliphatic carbocycles. The van der Waals surface area contributed by atoms with E-state index >= 15 is 0 Å². The molecular formula is C10H11F3O. The molecule has 1 rings (SSSR count). The van der Waals surface area contributed by atoms with E-state index in [1.807, 2.05) is 0 Å². The first-order chi connectivity index (χ1) is 6.54. The minimum atomic E-state index is -1.47. The molecule has 1 atom stereocenters. The Morgan fingerprint density at radius 3 is 2.14 bits per heavy atom. The molecule has 1 aromatic carbocycles. The van der Waals surface area contributed by atoms with Gasteiger partial charge in [0.15, 0.2) is 17.5 Å². The fraction of sp³-hybridized carbons (Fsp3) is 0.400. The van der Waals surface area contributed by atoms with Crippen molar-refractivity contribution in [2.24, 2.45) is 0 Å². The molecule has 78 valence electrons. The van der Waals surface area contributed by atoms with Crippen LogP contribution in [0.1, 0.15) is 18.9 Å². The lowest BCUT2D eigenvalue weighted by Gasteiger charge is -2.07. The van der Waals surface area contributed by atoms with E-state index < -0.39 is 23.6 Å². The zero-order valence-electron chi connectivity index (χ0n) is 7.73. The molecule has 4 heteroatoms. The van der Waals surface area contributed by atoms with E-state index in [0.29, 0.717) is 6.42 Å². The van der Waals surface area contributed by atoms with Crippen LogP contribution in [0, 0.1) is 17.5 Å². The smallest absolute Gasteiger partial charge is 0.194 e. The number of aliphatic hydroxyl groups is 1. The topological polar surface area (TPSA) is 20.2 Å². The predicted octanol–water partition coefficient (Wildman–Crippen LogP) is 2.42. The van der Waals surface area contributed by atoms with Gasteiger partial charge in [-0.15, -0.1) is 0 Å². The summed E-state index contributed by atoms with van der Waals surface area (Å²) in [6.07, 6.45) is -0.0372. The van der Waals surface area contributed by atoms with E-state index in [1.165, 1.54) is 0 Å². The molecule has 0 spiro atoms. The summed E-state index contributed by atoms with van der Waals surface area (Å²) >= 11 is 0. The monoisotopic (exact) mass is 204 g/mol. The van der Waals surface area contributed by atoms with Gasteiger partial charge in [0.2, 0.25) is 0 Å². The van der Waals surface area contributed by atoms with E-state index in [9.17, 15) is 18.3 Å². The molecule has 0 fully saturated rings. The summed E-state index contributed by atoms with van der Waals surface area (Å²) in [5, 5.41) is 9.22. The van der Waals surface area contributed by atoms with Crippen LogP contribution in [0.3, 0.4) is 0 Å². The Kier molecular flexibility index (Phi) is 3.52. The maximum Gasteiger partial charge on any atom is 0.194 e. The van der Waals surface area contributed by atoms with Crippen molar-refractivity contribution in [2.45, 2.75) is 25.9 Å². The van der Waals surface area contributed by atoms with Gasteiger partial charge >= 0.3 is 0 Å². The molecule has 0 aliphatic heterocycles. The van der Waals surface area contributed by atoms with Gasteiger partial charge in [-0.05, 0) is 30.5 Å². The first-order valence-corrected chi connectivity index (χ1v) is 4.36. The van der Waals surface area contributed by atoms with Crippen molar-refractivity contribution in [1.82, 2.24) is 0 Å². The number of hydrogen-bond acceptors (Lipinski definition) is 1. The Hall–Kier alpha value is -1.03. The summed E-state index contributed by atoms with van der Waals surface area (Å²) in [5.41, 5.74) is 0.260. The molecule has 0 aliphatic rings. The van der Waals surface area contributed by atoms with Gasteiger partial charge < -0.3 is 5.11 Å². The van der Waals surface area contributed by atoms with Gasteiger partial charge in [-0.2, -0.15) is 0 Å². The lowest BCUT2D eigenvalue weighted by atomic mass is 10.1. The van der Waals surface area contributed by atoms with E-state index in [1.54, 1.807) is 6.92 Å². The van der Waals surface area contributed by atoms with Crippen molar-refractivity contribution in [3.63, 3.8) is 0 Å². The Balaban J connectivity index is 2.89. The fourth-order valence-corrected chi connectivity index (χ4v) is 1.14. The zero-order valence-corrected chi connectivity index (χ0v) is 7.73. The van der Waals surface area contributed by atoms with Gasteiger partial charge in [0.25, 0.3) is 0 Å². The number of rotatable bonds is 3. The van der Waals surface area contributed by atoms with Crippen LogP contribution in [0.2, 0.25) is 0 Å². The maximum absolute atomic E-state index is 12.7. The second-order valence-electron chi connectivity index (χ2n) is 3.14. The van der Waals surface area contributed by atoms with Crippen LogP contribution >= 0.6 is 0 Å². The van der Waals surface area contributed by atoms with E-state index in [4.69, 9.17) is 0 Å². The van der Waals surface area contributed by atoms with Gasteiger partial charge in [0, 0.05) is 0 Å². The minimum absolute atomic E-state index is 0.130. The molecule has 1 aromatic rings. The Morgan fingerprint density at radius 2 is 1.71 bits per heavy atom. The highest BCUT2D eigenvalue weighted by Gasteiger charge is 2.12. The summed E-state index contributed by atoms with van der Waals surface area (Å²) in [6, 6.07) is 1.80. The van der Waals surface area contributed by atoms with Crippen molar-refractivity contribution in [2.75, 3.05) is 0 Å². The first kappa shape index (κ1) is 11.0.